The summed E-state index contributed by atoms with van der Waals surface area (Å²) < 4.78 is 42.8. The average Bonchev–Trinajstić information content (AvgIpc) is 2.77. The van der Waals surface area contributed by atoms with Crippen molar-refractivity contribution in [3.63, 3.8) is 0 Å². The van der Waals surface area contributed by atoms with Gasteiger partial charge in [-0.3, -0.25) is 4.79 Å². The number of carbonyl (C=O) groups is 1. The summed E-state index contributed by atoms with van der Waals surface area (Å²) in [5, 5.41) is 2.87. The van der Waals surface area contributed by atoms with E-state index >= 15 is 0 Å². The topological polar surface area (TPSA) is 103 Å². The fraction of sp³-hybridized carbons (Fsp3) is 0.286. The highest BCUT2D eigenvalue weighted by Gasteiger charge is 2.18. The summed E-state index contributed by atoms with van der Waals surface area (Å²) in [6.45, 7) is 2.88. The first-order chi connectivity index (χ1) is 14.3. The smallest absolute Gasteiger partial charge is 0.244 e. The number of amides is 1. The lowest BCUT2D eigenvalue weighted by atomic mass is 10.1. The van der Waals surface area contributed by atoms with Gasteiger partial charge in [-0.25, -0.2) is 13.1 Å². The van der Waals surface area contributed by atoms with Crippen molar-refractivity contribution in [2.75, 3.05) is 27.4 Å². The van der Waals surface area contributed by atoms with Crippen LogP contribution in [0.15, 0.2) is 47.4 Å². The molecule has 1 amide bonds. The van der Waals surface area contributed by atoms with Gasteiger partial charge in [0.25, 0.3) is 0 Å². The molecule has 3 rings (SSSR count). The number of nitrogens with one attached hydrogen (secondary N) is 2. The Hall–Kier alpha value is -3.04. The number of fused-ring (bicyclic) bond motifs is 1. The Morgan fingerprint density at radius 2 is 1.87 bits per heavy atom. The van der Waals surface area contributed by atoms with Crippen LogP contribution in [0.5, 0.6) is 17.2 Å². The fourth-order valence-corrected chi connectivity index (χ4v) is 3.89. The number of rotatable bonds is 7. The highest BCUT2D eigenvalue weighted by atomic mass is 32.2. The SMILES string of the molecule is CNS(=O)(=O)c1cc(C=CC(=O)NC(C)c2ccc3c(c2)OCCO3)ccc1OC. The first kappa shape index (κ1) is 21.7. The maximum absolute atomic E-state index is 12.3. The molecule has 9 heteroatoms. The van der Waals surface area contributed by atoms with E-state index < -0.39 is 10.0 Å². The second-order valence-corrected chi connectivity index (χ2v) is 8.44. The predicted molar refractivity (Wildman–Crippen MR) is 112 cm³/mol. The van der Waals surface area contributed by atoms with Crippen LogP contribution in [0.25, 0.3) is 6.08 Å². The van der Waals surface area contributed by atoms with Gasteiger partial charge in [0, 0.05) is 6.08 Å². The van der Waals surface area contributed by atoms with Crippen molar-refractivity contribution in [2.45, 2.75) is 17.9 Å². The molecular weight excluding hydrogens is 408 g/mol. The first-order valence-electron chi connectivity index (χ1n) is 9.34. The van der Waals surface area contributed by atoms with Crippen molar-refractivity contribution in [3.05, 3.63) is 53.6 Å². The minimum atomic E-state index is -3.70. The van der Waals surface area contributed by atoms with Gasteiger partial charge in [0.1, 0.15) is 23.9 Å². The largest absolute Gasteiger partial charge is 0.495 e. The first-order valence-corrected chi connectivity index (χ1v) is 10.8. The van der Waals surface area contributed by atoms with Crippen LogP contribution in [-0.4, -0.2) is 41.7 Å². The second-order valence-electron chi connectivity index (χ2n) is 6.58. The fourth-order valence-electron chi connectivity index (χ4n) is 2.96. The Balaban J connectivity index is 1.71. The number of carbonyl (C=O) groups excluding carboxylic acids is 1. The highest BCUT2D eigenvalue weighted by Crippen LogP contribution is 2.32. The summed E-state index contributed by atoms with van der Waals surface area (Å²) in [5.41, 5.74) is 1.43. The van der Waals surface area contributed by atoms with Gasteiger partial charge in [0.2, 0.25) is 15.9 Å². The van der Waals surface area contributed by atoms with Gasteiger partial charge in [-0.2, -0.15) is 0 Å². The Bertz CT molecular complexity index is 1070. The molecule has 160 valence electrons. The molecule has 0 aliphatic carbocycles. The van der Waals surface area contributed by atoms with Crippen LogP contribution in [-0.2, 0) is 14.8 Å². The van der Waals surface area contributed by atoms with Crippen molar-refractivity contribution < 1.29 is 27.4 Å². The number of hydrogen-bond acceptors (Lipinski definition) is 6. The highest BCUT2D eigenvalue weighted by molar-refractivity contribution is 7.89. The van der Waals surface area contributed by atoms with Gasteiger partial charge in [-0.15, -0.1) is 0 Å². The van der Waals surface area contributed by atoms with Gasteiger partial charge >= 0.3 is 0 Å². The molecule has 0 aromatic heterocycles. The molecule has 2 N–H and O–H groups in total. The number of benzene rings is 2. The average molecular weight is 432 g/mol. The zero-order valence-electron chi connectivity index (χ0n) is 17.0. The van der Waals surface area contributed by atoms with Crippen LogP contribution in [0.3, 0.4) is 0 Å². The van der Waals surface area contributed by atoms with Crippen LogP contribution >= 0.6 is 0 Å². The zero-order valence-corrected chi connectivity index (χ0v) is 17.8. The zero-order chi connectivity index (χ0) is 21.7. The number of methoxy groups -OCH3 is 1. The van der Waals surface area contributed by atoms with Crippen molar-refractivity contribution in [3.8, 4) is 17.2 Å². The Morgan fingerprint density at radius 1 is 1.13 bits per heavy atom. The van der Waals surface area contributed by atoms with E-state index in [0.717, 1.165) is 5.56 Å². The normalized spacial score (nSPS) is 14.4. The molecule has 1 atom stereocenters. The van der Waals surface area contributed by atoms with Crippen LogP contribution < -0.4 is 24.2 Å². The van der Waals surface area contributed by atoms with Crippen LogP contribution in [0, 0.1) is 0 Å². The molecule has 0 bridgehead atoms. The van der Waals surface area contributed by atoms with Crippen molar-refractivity contribution >= 4 is 22.0 Å². The molecule has 0 spiro atoms. The maximum Gasteiger partial charge on any atom is 0.244 e. The molecule has 1 aliphatic rings. The van der Waals surface area contributed by atoms with E-state index in [1.54, 1.807) is 18.2 Å². The van der Waals surface area contributed by atoms with E-state index in [1.807, 2.05) is 25.1 Å². The van der Waals surface area contributed by atoms with Gasteiger partial charge in [-0.05, 0) is 55.4 Å². The minimum Gasteiger partial charge on any atom is -0.495 e. The summed E-state index contributed by atoms with van der Waals surface area (Å²) in [6.07, 6.45) is 2.89. The summed E-state index contributed by atoms with van der Waals surface area (Å²) >= 11 is 0. The molecule has 0 saturated carbocycles. The van der Waals surface area contributed by atoms with Crippen LogP contribution in [0.2, 0.25) is 0 Å². The number of sulfonamides is 1. The van der Waals surface area contributed by atoms with Crippen molar-refractivity contribution in [2.24, 2.45) is 0 Å². The van der Waals surface area contributed by atoms with Gasteiger partial charge in [0.15, 0.2) is 11.5 Å². The molecule has 1 heterocycles. The maximum atomic E-state index is 12.3. The van der Waals surface area contributed by atoms with Crippen LogP contribution in [0.1, 0.15) is 24.1 Å². The molecule has 2 aromatic carbocycles. The predicted octanol–water partition coefficient (Wildman–Crippen LogP) is 2.27. The third-order valence-corrected chi connectivity index (χ3v) is 6.03. The lowest BCUT2D eigenvalue weighted by molar-refractivity contribution is -0.117. The van der Waals surface area contributed by atoms with Gasteiger partial charge < -0.3 is 19.5 Å². The van der Waals surface area contributed by atoms with Crippen molar-refractivity contribution in [1.29, 1.82) is 0 Å². The lowest BCUT2D eigenvalue weighted by Gasteiger charge is -2.20. The Kier molecular flexibility index (Phi) is 6.63. The van der Waals surface area contributed by atoms with E-state index in [4.69, 9.17) is 14.2 Å². The van der Waals surface area contributed by atoms with Gasteiger partial charge in [0.05, 0.1) is 13.2 Å². The molecule has 30 heavy (non-hydrogen) atoms. The monoisotopic (exact) mass is 432 g/mol. The summed E-state index contributed by atoms with van der Waals surface area (Å²) in [5.74, 6) is 1.26. The molecular formula is C21H24N2O6S. The van der Waals surface area contributed by atoms with E-state index in [2.05, 4.69) is 10.0 Å². The van der Waals surface area contributed by atoms with E-state index in [9.17, 15) is 13.2 Å². The lowest BCUT2D eigenvalue weighted by Crippen LogP contribution is -2.25. The van der Waals surface area contributed by atoms with Crippen LogP contribution in [0.4, 0.5) is 0 Å². The molecule has 0 radical (unpaired) electrons. The number of ether oxygens (including phenoxy) is 3. The van der Waals surface area contributed by atoms with E-state index in [0.29, 0.717) is 30.3 Å². The molecule has 1 unspecified atom stereocenters. The summed E-state index contributed by atoms with van der Waals surface area (Å²) in [6, 6.07) is 9.94. The quantitative estimate of drug-likeness (QED) is 0.651. The number of hydrogen-bond donors (Lipinski definition) is 2. The molecule has 2 aromatic rings. The Morgan fingerprint density at radius 3 is 2.57 bits per heavy atom. The second kappa shape index (κ2) is 9.19. The minimum absolute atomic E-state index is 0.000274. The van der Waals surface area contributed by atoms with E-state index in [-0.39, 0.29) is 22.6 Å². The third kappa shape index (κ3) is 4.92. The van der Waals surface area contributed by atoms with E-state index in [1.165, 1.54) is 26.3 Å². The molecule has 8 nitrogen and oxygen atoms in total. The molecule has 1 aliphatic heterocycles. The Labute approximate surface area is 175 Å². The molecule has 0 fully saturated rings. The summed E-state index contributed by atoms with van der Waals surface area (Å²) in [4.78, 5) is 12.3. The third-order valence-electron chi connectivity index (χ3n) is 4.60. The van der Waals surface area contributed by atoms with Crippen molar-refractivity contribution in [1.82, 2.24) is 10.0 Å². The summed E-state index contributed by atoms with van der Waals surface area (Å²) in [7, 11) is -0.978. The van der Waals surface area contributed by atoms with Gasteiger partial charge in [-0.1, -0.05) is 12.1 Å². The molecule has 0 saturated heterocycles. The standard InChI is InChI=1S/C21H24N2O6S/c1-14(16-6-8-17-19(13-16)29-11-10-28-17)23-21(24)9-5-15-4-7-18(27-3)20(12-15)30(25,26)22-2/h4-9,12-14,22H,10-11H2,1-3H3,(H,23,24).